The van der Waals surface area contributed by atoms with Crippen LogP contribution in [0.15, 0.2) is 18.2 Å². The minimum Gasteiger partial charge on any atom is -0.365 e. The first-order chi connectivity index (χ1) is 9.15. The first kappa shape index (κ1) is 12.7. The molecule has 19 heavy (non-hydrogen) atoms. The lowest BCUT2D eigenvalue weighted by Crippen LogP contribution is -2.28. The van der Waals surface area contributed by atoms with E-state index in [-0.39, 0.29) is 15.6 Å². The Kier molecular flexibility index (Phi) is 3.35. The van der Waals surface area contributed by atoms with Crippen molar-refractivity contribution >= 4 is 23.0 Å². The number of nitrogens with zero attached hydrogens (tertiary/aromatic N) is 2. The second kappa shape index (κ2) is 5.00. The van der Waals surface area contributed by atoms with E-state index in [0.29, 0.717) is 17.5 Å². The summed E-state index contributed by atoms with van der Waals surface area (Å²) >= 11 is 6.00. The minimum absolute atomic E-state index is 0.0606. The monoisotopic (exact) mass is 280 g/mol. The van der Waals surface area contributed by atoms with Crippen LogP contribution in [0.2, 0.25) is 5.02 Å². The normalized spacial score (nSPS) is 18.4. The van der Waals surface area contributed by atoms with Gasteiger partial charge in [-0.15, -0.1) is 0 Å². The zero-order valence-corrected chi connectivity index (χ0v) is 11.5. The summed E-state index contributed by atoms with van der Waals surface area (Å²) in [6, 6.07) is 5.22. The average molecular weight is 281 g/mol. The molecule has 0 saturated heterocycles. The average Bonchev–Trinajstić information content (AvgIpc) is 3.22. The predicted molar refractivity (Wildman–Crippen MR) is 75.8 cm³/mol. The lowest BCUT2D eigenvalue weighted by molar-refractivity contribution is -0.384. The summed E-state index contributed by atoms with van der Waals surface area (Å²) in [6.07, 6.45) is 4.98. The standard InChI is InChI=1S/C14H17ClN2O2/c15-12-2-1-3-13(14(12)17(18)19)16(8-10-4-5-10)9-11-6-7-11/h1-3,10-11H,4-9H2. The van der Waals surface area contributed by atoms with Gasteiger partial charge in [0.2, 0.25) is 0 Å². The Morgan fingerprint density at radius 3 is 2.26 bits per heavy atom. The third-order valence-corrected chi connectivity index (χ3v) is 4.14. The van der Waals surface area contributed by atoms with Gasteiger partial charge in [-0.2, -0.15) is 0 Å². The molecule has 0 aliphatic heterocycles. The van der Waals surface area contributed by atoms with E-state index in [2.05, 4.69) is 4.90 Å². The van der Waals surface area contributed by atoms with Gasteiger partial charge in [-0.3, -0.25) is 10.1 Å². The number of nitro benzene ring substituents is 1. The Hall–Kier alpha value is -1.29. The van der Waals surface area contributed by atoms with Gasteiger partial charge in [-0.25, -0.2) is 0 Å². The van der Waals surface area contributed by atoms with Crippen molar-refractivity contribution in [2.75, 3.05) is 18.0 Å². The number of benzene rings is 1. The van der Waals surface area contributed by atoms with Crippen LogP contribution in [-0.2, 0) is 0 Å². The van der Waals surface area contributed by atoms with Gasteiger partial charge in [-0.05, 0) is 49.7 Å². The fraction of sp³-hybridized carbons (Fsp3) is 0.571. The van der Waals surface area contributed by atoms with Crippen LogP contribution in [0.1, 0.15) is 25.7 Å². The second-order valence-corrected chi connectivity index (χ2v) is 6.06. The van der Waals surface area contributed by atoms with Crippen molar-refractivity contribution in [1.29, 1.82) is 0 Å². The largest absolute Gasteiger partial charge is 0.365 e. The third kappa shape index (κ3) is 3.00. The molecule has 0 spiro atoms. The highest BCUT2D eigenvalue weighted by atomic mass is 35.5. The maximum Gasteiger partial charge on any atom is 0.310 e. The van der Waals surface area contributed by atoms with Crippen LogP contribution in [0.5, 0.6) is 0 Å². The topological polar surface area (TPSA) is 46.4 Å². The van der Waals surface area contributed by atoms with E-state index in [1.54, 1.807) is 12.1 Å². The molecule has 1 aromatic rings. The molecule has 1 aromatic carbocycles. The number of hydrogen-bond donors (Lipinski definition) is 0. The van der Waals surface area contributed by atoms with Crippen LogP contribution in [0.25, 0.3) is 0 Å². The van der Waals surface area contributed by atoms with Crippen LogP contribution in [0.4, 0.5) is 11.4 Å². The summed E-state index contributed by atoms with van der Waals surface area (Å²) in [4.78, 5) is 13.1. The maximum absolute atomic E-state index is 11.2. The molecule has 0 bridgehead atoms. The molecule has 2 aliphatic carbocycles. The Morgan fingerprint density at radius 2 is 1.79 bits per heavy atom. The number of anilines is 1. The van der Waals surface area contributed by atoms with Crippen molar-refractivity contribution in [3.63, 3.8) is 0 Å². The van der Waals surface area contributed by atoms with Gasteiger partial charge in [0.15, 0.2) is 0 Å². The SMILES string of the molecule is O=[N+]([O-])c1c(Cl)cccc1N(CC1CC1)CC1CC1. The molecule has 4 nitrogen and oxygen atoms in total. The number of rotatable bonds is 6. The Labute approximate surface area is 117 Å². The van der Waals surface area contributed by atoms with Gasteiger partial charge >= 0.3 is 5.69 Å². The highest BCUT2D eigenvalue weighted by molar-refractivity contribution is 6.33. The van der Waals surface area contributed by atoms with E-state index < -0.39 is 0 Å². The van der Waals surface area contributed by atoms with Crippen molar-refractivity contribution in [3.8, 4) is 0 Å². The lowest BCUT2D eigenvalue weighted by atomic mass is 10.2. The first-order valence-electron chi connectivity index (χ1n) is 6.83. The summed E-state index contributed by atoms with van der Waals surface area (Å²) in [5, 5.41) is 11.5. The Morgan fingerprint density at radius 1 is 1.21 bits per heavy atom. The fourth-order valence-electron chi connectivity index (χ4n) is 2.44. The molecule has 2 saturated carbocycles. The number of halogens is 1. The van der Waals surface area contributed by atoms with Gasteiger partial charge in [0.1, 0.15) is 10.7 Å². The van der Waals surface area contributed by atoms with Crippen LogP contribution >= 0.6 is 11.6 Å². The second-order valence-electron chi connectivity index (χ2n) is 5.66. The Bertz CT molecular complexity index is 484. The number of para-hydroxylation sites is 1. The maximum atomic E-state index is 11.2. The molecule has 0 amide bonds. The van der Waals surface area contributed by atoms with Gasteiger partial charge in [0.05, 0.1) is 4.92 Å². The minimum atomic E-state index is -0.357. The zero-order valence-electron chi connectivity index (χ0n) is 10.7. The number of nitro groups is 1. The van der Waals surface area contributed by atoms with Crippen LogP contribution in [0.3, 0.4) is 0 Å². The molecule has 0 aromatic heterocycles. The van der Waals surface area contributed by atoms with Gasteiger partial charge in [-0.1, -0.05) is 17.7 Å². The van der Waals surface area contributed by atoms with E-state index in [1.165, 1.54) is 25.7 Å². The van der Waals surface area contributed by atoms with Crippen molar-refractivity contribution in [2.45, 2.75) is 25.7 Å². The molecule has 0 radical (unpaired) electrons. The summed E-state index contributed by atoms with van der Waals surface area (Å²) in [6.45, 7) is 1.86. The van der Waals surface area contributed by atoms with Crippen LogP contribution in [-0.4, -0.2) is 18.0 Å². The molecule has 0 unspecified atom stereocenters. The molecule has 0 heterocycles. The van der Waals surface area contributed by atoms with E-state index in [0.717, 1.165) is 13.1 Å². The van der Waals surface area contributed by atoms with E-state index in [1.807, 2.05) is 6.07 Å². The van der Waals surface area contributed by atoms with Gasteiger partial charge in [0.25, 0.3) is 0 Å². The molecule has 5 heteroatoms. The predicted octanol–water partition coefficient (Wildman–Crippen LogP) is 3.87. The quantitative estimate of drug-likeness (QED) is 0.587. The molecule has 3 rings (SSSR count). The first-order valence-corrected chi connectivity index (χ1v) is 7.21. The van der Waals surface area contributed by atoms with E-state index in [9.17, 15) is 10.1 Å². The van der Waals surface area contributed by atoms with Crippen LogP contribution < -0.4 is 4.90 Å². The summed E-state index contributed by atoms with van der Waals surface area (Å²) < 4.78 is 0. The van der Waals surface area contributed by atoms with Gasteiger partial charge < -0.3 is 4.90 Å². The van der Waals surface area contributed by atoms with E-state index >= 15 is 0 Å². The molecular formula is C14H17ClN2O2. The van der Waals surface area contributed by atoms with Crippen molar-refractivity contribution < 1.29 is 4.92 Å². The zero-order chi connectivity index (χ0) is 13.4. The van der Waals surface area contributed by atoms with Crippen molar-refractivity contribution in [3.05, 3.63) is 33.3 Å². The summed E-state index contributed by atoms with van der Waals surface area (Å²) in [5.41, 5.74) is 0.752. The molecule has 0 atom stereocenters. The Balaban J connectivity index is 1.90. The molecular weight excluding hydrogens is 264 g/mol. The fourth-order valence-corrected chi connectivity index (χ4v) is 2.67. The highest BCUT2D eigenvalue weighted by Crippen LogP contribution is 2.40. The summed E-state index contributed by atoms with van der Waals surface area (Å²) in [5.74, 6) is 1.41. The number of hydrogen-bond acceptors (Lipinski definition) is 3. The van der Waals surface area contributed by atoms with Crippen molar-refractivity contribution in [1.82, 2.24) is 0 Å². The van der Waals surface area contributed by atoms with E-state index in [4.69, 9.17) is 11.6 Å². The molecule has 2 fully saturated rings. The third-order valence-electron chi connectivity index (χ3n) is 3.84. The highest BCUT2D eigenvalue weighted by Gasteiger charge is 2.32. The van der Waals surface area contributed by atoms with Gasteiger partial charge in [0, 0.05) is 13.1 Å². The lowest BCUT2D eigenvalue weighted by Gasteiger charge is -2.24. The molecule has 102 valence electrons. The summed E-state index contributed by atoms with van der Waals surface area (Å²) in [7, 11) is 0. The van der Waals surface area contributed by atoms with Crippen molar-refractivity contribution in [2.24, 2.45) is 11.8 Å². The molecule has 2 aliphatic rings. The smallest absolute Gasteiger partial charge is 0.310 e. The van der Waals surface area contributed by atoms with Crippen LogP contribution in [0, 0.1) is 22.0 Å². The molecule has 0 N–H and O–H groups in total.